The average molecular weight is 313 g/mol. The molecule has 0 aliphatic heterocycles. The maximum atomic E-state index is 12.1. The molecule has 1 amide bonds. The number of carbonyl (C=O) groups excluding carboxylic acids is 1. The summed E-state index contributed by atoms with van der Waals surface area (Å²) in [5, 5.41) is 14.7. The zero-order chi connectivity index (χ0) is 16.8. The molecule has 0 spiro atoms. The fraction of sp³-hybridized carbons (Fsp3) is 0.125. The lowest BCUT2D eigenvalue weighted by Crippen LogP contribution is -2.18. The highest BCUT2D eigenvalue weighted by molar-refractivity contribution is 5.98. The predicted octanol–water partition coefficient (Wildman–Crippen LogP) is 2.68. The van der Waals surface area contributed by atoms with Gasteiger partial charge in [0.05, 0.1) is 23.8 Å². The van der Waals surface area contributed by atoms with Gasteiger partial charge in [-0.1, -0.05) is 29.8 Å². The van der Waals surface area contributed by atoms with E-state index in [1.165, 1.54) is 25.5 Å². The van der Waals surface area contributed by atoms with Gasteiger partial charge in [-0.3, -0.25) is 14.9 Å². The summed E-state index contributed by atoms with van der Waals surface area (Å²) in [5.41, 5.74) is 4.12. The van der Waals surface area contributed by atoms with Crippen LogP contribution >= 0.6 is 0 Å². The van der Waals surface area contributed by atoms with E-state index in [9.17, 15) is 14.9 Å². The lowest BCUT2D eigenvalue weighted by atomic mass is 10.1. The second-order valence-corrected chi connectivity index (χ2v) is 4.75. The minimum absolute atomic E-state index is 0.0442. The summed E-state index contributed by atoms with van der Waals surface area (Å²) >= 11 is 0. The summed E-state index contributed by atoms with van der Waals surface area (Å²) in [5.74, 6) is -0.354. The Morgan fingerprint density at radius 1 is 1.26 bits per heavy atom. The number of hydrazone groups is 1. The van der Waals surface area contributed by atoms with Gasteiger partial charge in [-0.25, -0.2) is 5.43 Å². The Kier molecular flexibility index (Phi) is 5.03. The first-order chi connectivity index (χ1) is 11.0. The van der Waals surface area contributed by atoms with E-state index in [2.05, 4.69) is 10.5 Å². The van der Waals surface area contributed by atoms with Crippen LogP contribution in [0, 0.1) is 17.0 Å². The van der Waals surface area contributed by atoms with E-state index in [4.69, 9.17) is 4.74 Å². The molecule has 7 heteroatoms. The van der Waals surface area contributed by atoms with E-state index in [1.54, 1.807) is 0 Å². The third-order valence-corrected chi connectivity index (χ3v) is 3.10. The first-order valence-corrected chi connectivity index (χ1v) is 6.74. The predicted molar refractivity (Wildman–Crippen MR) is 85.9 cm³/mol. The first kappa shape index (κ1) is 16.2. The molecular formula is C16H15N3O4. The van der Waals surface area contributed by atoms with E-state index in [1.807, 2.05) is 31.2 Å². The molecule has 0 aliphatic rings. The molecule has 0 bridgehead atoms. The summed E-state index contributed by atoms with van der Waals surface area (Å²) in [6, 6.07) is 11.4. The number of nitrogens with zero attached hydrogens (tertiary/aromatic N) is 2. The zero-order valence-corrected chi connectivity index (χ0v) is 12.6. The van der Waals surface area contributed by atoms with Crippen molar-refractivity contribution < 1.29 is 14.5 Å². The van der Waals surface area contributed by atoms with Gasteiger partial charge >= 0.3 is 0 Å². The van der Waals surface area contributed by atoms with Crippen molar-refractivity contribution in [3.8, 4) is 5.75 Å². The molecule has 2 aromatic rings. The van der Waals surface area contributed by atoms with E-state index in [0.717, 1.165) is 17.2 Å². The topological polar surface area (TPSA) is 93.8 Å². The number of nitro groups is 1. The number of ether oxygens (including phenoxy) is 1. The van der Waals surface area contributed by atoms with Crippen LogP contribution in [0.1, 0.15) is 21.5 Å². The van der Waals surface area contributed by atoms with Crippen LogP contribution in [0.3, 0.4) is 0 Å². The third kappa shape index (κ3) is 4.13. The Hall–Kier alpha value is -3.22. The number of amides is 1. The van der Waals surface area contributed by atoms with Crippen LogP contribution in [0.25, 0.3) is 0 Å². The molecule has 2 aromatic carbocycles. The van der Waals surface area contributed by atoms with Crippen molar-refractivity contribution in [1.29, 1.82) is 0 Å². The van der Waals surface area contributed by atoms with Crippen LogP contribution in [0.5, 0.6) is 5.75 Å². The highest BCUT2D eigenvalue weighted by Gasteiger charge is 2.17. The number of non-ortho nitro benzene ring substituents is 1. The van der Waals surface area contributed by atoms with Gasteiger partial charge in [-0.05, 0) is 18.6 Å². The number of benzene rings is 2. The molecule has 1 N–H and O–H groups in total. The number of hydrogen-bond acceptors (Lipinski definition) is 5. The Balaban J connectivity index is 2.15. The van der Waals surface area contributed by atoms with Gasteiger partial charge in [-0.15, -0.1) is 0 Å². The van der Waals surface area contributed by atoms with Gasteiger partial charge < -0.3 is 4.74 Å². The number of carbonyl (C=O) groups is 1. The van der Waals surface area contributed by atoms with Crippen LogP contribution in [0.4, 0.5) is 5.69 Å². The van der Waals surface area contributed by atoms with Gasteiger partial charge in [0.15, 0.2) is 0 Å². The van der Waals surface area contributed by atoms with Gasteiger partial charge in [0.1, 0.15) is 5.75 Å². The van der Waals surface area contributed by atoms with E-state index < -0.39 is 10.8 Å². The molecule has 0 saturated heterocycles. The molecule has 23 heavy (non-hydrogen) atoms. The average Bonchev–Trinajstić information content (AvgIpc) is 2.55. The Labute approximate surface area is 132 Å². The molecule has 0 heterocycles. The lowest BCUT2D eigenvalue weighted by molar-refractivity contribution is -0.384. The highest BCUT2D eigenvalue weighted by atomic mass is 16.6. The molecule has 7 nitrogen and oxygen atoms in total. The van der Waals surface area contributed by atoms with Gasteiger partial charge in [0, 0.05) is 12.1 Å². The molecule has 0 fully saturated rings. The minimum Gasteiger partial charge on any atom is -0.496 e. The number of methoxy groups -OCH3 is 1. The van der Waals surface area contributed by atoms with E-state index in [-0.39, 0.29) is 17.0 Å². The van der Waals surface area contributed by atoms with Crippen LogP contribution in [0.2, 0.25) is 0 Å². The van der Waals surface area contributed by atoms with Gasteiger partial charge in [0.25, 0.3) is 11.6 Å². The van der Waals surface area contributed by atoms with E-state index in [0.29, 0.717) is 0 Å². The zero-order valence-electron chi connectivity index (χ0n) is 12.6. The standard InChI is InChI=1S/C16H15N3O4/c1-11-3-5-12(6-4-11)10-17-18-16(20)14-9-13(19(21)22)7-8-15(14)23-2/h3-10H,1-2H3,(H,18,20)/b17-10-. The summed E-state index contributed by atoms with van der Waals surface area (Å²) in [6.45, 7) is 1.97. The Bertz CT molecular complexity index is 754. The van der Waals surface area contributed by atoms with Crippen LogP contribution in [0.15, 0.2) is 47.6 Å². The molecular weight excluding hydrogens is 298 g/mol. The summed E-state index contributed by atoms with van der Waals surface area (Å²) in [6.07, 6.45) is 1.49. The molecule has 0 atom stereocenters. The SMILES string of the molecule is COc1ccc([N+](=O)[O-])cc1C(=O)N/N=C\c1ccc(C)cc1. The second kappa shape index (κ2) is 7.17. The molecule has 0 unspecified atom stereocenters. The summed E-state index contributed by atoms with van der Waals surface area (Å²) in [7, 11) is 1.38. The molecule has 2 rings (SSSR count). The molecule has 0 aromatic heterocycles. The van der Waals surface area contributed by atoms with Crippen molar-refractivity contribution in [2.24, 2.45) is 5.10 Å². The maximum absolute atomic E-state index is 12.1. The van der Waals surface area contributed by atoms with Gasteiger partial charge in [-0.2, -0.15) is 5.10 Å². The Morgan fingerprint density at radius 3 is 2.57 bits per heavy atom. The van der Waals surface area contributed by atoms with Crippen LogP contribution < -0.4 is 10.2 Å². The van der Waals surface area contributed by atoms with Crippen molar-refractivity contribution in [3.05, 3.63) is 69.3 Å². The summed E-state index contributed by atoms with van der Waals surface area (Å²) in [4.78, 5) is 22.3. The van der Waals surface area contributed by atoms with Crippen LogP contribution in [-0.2, 0) is 0 Å². The third-order valence-electron chi connectivity index (χ3n) is 3.10. The number of aryl methyl sites for hydroxylation is 1. The molecule has 0 radical (unpaired) electrons. The maximum Gasteiger partial charge on any atom is 0.275 e. The molecule has 0 aliphatic carbocycles. The second-order valence-electron chi connectivity index (χ2n) is 4.75. The summed E-state index contributed by atoms with van der Waals surface area (Å²) < 4.78 is 5.04. The largest absolute Gasteiger partial charge is 0.496 e. The van der Waals surface area contributed by atoms with Crippen molar-refractivity contribution in [2.75, 3.05) is 7.11 Å². The van der Waals surface area contributed by atoms with Crippen molar-refractivity contribution >= 4 is 17.8 Å². The number of nitro benzene ring substituents is 1. The van der Waals surface area contributed by atoms with Gasteiger partial charge in [0.2, 0.25) is 0 Å². The van der Waals surface area contributed by atoms with E-state index >= 15 is 0 Å². The normalized spacial score (nSPS) is 10.5. The first-order valence-electron chi connectivity index (χ1n) is 6.74. The van der Waals surface area contributed by atoms with Crippen LogP contribution in [-0.4, -0.2) is 24.2 Å². The Morgan fingerprint density at radius 2 is 1.96 bits per heavy atom. The number of rotatable bonds is 5. The number of hydrogen-bond donors (Lipinski definition) is 1. The minimum atomic E-state index is -0.589. The lowest BCUT2D eigenvalue weighted by Gasteiger charge is -2.06. The van der Waals surface area contributed by atoms with Crippen molar-refractivity contribution in [3.63, 3.8) is 0 Å². The number of nitrogens with one attached hydrogen (secondary N) is 1. The monoisotopic (exact) mass is 313 g/mol. The fourth-order valence-corrected chi connectivity index (χ4v) is 1.87. The smallest absolute Gasteiger partial charge is 0.275 e. The van der Waals surface area contributed by atoms with Crippen molar-refractivity contribution in [2.45, 2.75) is 6.92 Å². The quantitative estimate of drug-likeness (QED) is 0.521. The highest BCUT2D eigenvalue weighted by Crippen LogP contribution is 2.23. The van der Waals surface area contributed by atoms with Crippen molar-refractivity contribution in [1.82, 2.24) is 5.43 Å². The molecule has 0 saturated carbocycles. The molecule has 118 valence electrons. The fourth-order valence-electron chi connectivity index (χ4n) is 1.87.